The number of halogens is 1. The van der Waals surface area contributed by atoms with Crippen LogP contribution in [0.2, 0.25) is 5.02 Å². The van der Waals surface area contributed by atoms with Gasteiger partial charge in [-0.2, -0.15) is 0 Å². The minimum absolute atomic E-state index is 0.204. The Morgan fingerprint density at radius 1 is 1.25 bits per heavy atom. The first-order chi connectivity index (χ1) is 9.72. The van der Waals surface area contributed by atoms with Crippen molar-refractivity contribution in [3.63, 3.8) is 0 Å². The largest absolute Gasteiger partial charge is 0.472 e. The molecule has 0 aliphatic carbocycles. The molecule has 20 heavy (non-hydrogen) atoms. The van der Waals surface area contributed by atoms with Crippen LogP contribution in [0.15, 0.2) is 42.6 Å². The average molecular weight is 291 g/mol. The highest BCUT2D eigenvalue weighted by molar-refractivity contribution is 6.31. The molecule has 2 rings (SSSR count). The maximum Gasteiger partial charge on any atom is 0.218 e. The zero-order chi connectivity index (χ0) is 14.4. The Morgan fingerprint density at radius 2 is 2.05 bits per heavy atom. The highest BCUT2D eigenvalue weighted by Gasteiger charge is 2.12. The van der Waals surface area contributed by atoms with E-state index in [1.54, 1.807) is 6.20 Å². The van der Waals surface area contributed by atoms with Crippen LogP contribution in [0.3, 0.4) is 0 Å². The van der Waals surface area contributed by atoms with Crippen LogP contribution in [0.4, 0.5) is 0 Å². The van der Waals surface area contributed by atoms with Gasteiger partial charge in [0.05, 0.1) is 0 Å². The SMILES string of the molecule is CCNC(C)c1cccnc1OCc1ccccc1Cl. The van der Waals surface area contributed by atoms with E-state index in [2.05, 4.69) is 24.1 Å². The van der Waals surface area contributed by atoms with E-state index in [0.717, 1.165) is 17.7 Å². The van der Waals surface area contributed by atoms with Crippen molar-refractivity contribution >= 4 is 11.6 Å². The van der Waals surface area contributed by atoms with Gasteiger partial charge in [-0.15, -0.1) is 0 Å². The Kier molecular flexibility index (Phi) is 5.39. The summed E-state index contributed by atoms with van der Waals surface area (Å²) in [5, 5.41) is 4.08. The lowest BCUT2D eigenvalue weighted by Gasteiger charge is -2.16. The third-order valence-electron chi connectivity index (χ3n) is 3.10. The summed E-state index contributed by atoms with van der Waals surface area (Å²) in [5.41, 5.74) is 2.02. The Morgan fingerprint density at radius 3 is 2.80 bits per heavy atom. The minimum Gasteiger partial charge on any atom is -0.472 e. The van der Waals surface area contributed by atoms with E-state index in [0.29, 0.717) is 17.5 Å². The molecule has 1 N–H and O–H groups in total. The van der Waals surface area contributed by atoms with Crippen LogP contribution in [0.25, 0.3) is 0 Å². The van der Waals surface area contributed by atoms with Crippen LogP contribution in [0.1, 0.15) is 31.0 Å². The lowest BCUT2D eigenvalue weighted by molar-refractivity contribution is 0.287. The van der Waals surface area contributed by atoms with Crippen molar-refractivity contribution in [3.05, 3.63) is 58.7 Å². The standard InChI is InChI=1S/C16H19ClN2O/c1-3-18-12(2)14-8-6-10-19-16(14)20-11-13-7-4-5-9-15(13)17/h4-10,12,18H,3,11H2,1-2H3. The number of benzene rings is 1. The van der Waals surface area contributed by atoms with Gasteiger partial charge < -0.3 is 10.1 Å². The van der Waals surface area contributed by atoms with Crippen molar-refractivity contribution in [2.75, 3.05) is 6.54 Å². The molecule has 0 aliphatic rings. The number of pyridine rings is 1. The second kappa shape index (κ2) is 7.27. The first-order valence-corrected chi connectivity index (χ1v) is 7.14. The lowest BCUT2D eigenvalue weighted by atomic mass is 10.1. The summed E-state index contributed by atoms with van der Waals surface area (Å²) in [7, 11) is 0. The molecule has 2 aromatic rings. The molecular formula is C16H19ClN2O. The van der Waals surface area contributed by atoms with Gasteiger partial charge in [0.2, 0.25) is 5.88 Å². The van der Waals surface area contributed by atoms with Crippen molar-refractivity contribution in [3.8, 4) is 5.88 Å². The number of nitrogens with one attached hydrogen (secondary N) is 1. The Hall–Kier alpha value is -1.58. The summed E-state index contributed by atoms with van der Waals surface area (Å²) in [5.74, 6) is 0.654. The van der Waals surface area contributed by atoms with E-state index >= 15 is 0 Å². The molecule has 106 valence electrons. The van der Waals surface area contributed by atoms with E-state index in [1.165, 1.54) is 0 Å². The Balaban J connectivity index is 2.12. The van der Waals surface area contributed by atoms with Gasteiger partial charge in [0.15, 0.2) is 0 Å². The van der Waals surface area contributed by atoms with Crippen molar-refractivity contribution in [1.82, 2.24) is 10.3 Å². The molecule has 0 aliphatic heterocycles. The molecule has 1 atom stereocenters. The fraction of sp³-hybridized carbons (Fsp3) is 0.312. The third kappa shape index (κ3) is 3.71. The number of rotatable bonds is 6. The fourth-order valence-corrected chi connectivity index (χ4v) is 2.22. The van der Waals surface area contributed by atoms with E-state index in [-0.39, 0.29) is 6.04 Å². The minimum atomic E-state index is 0.204. The second-order valence-electron chi connectivity index (χ2n) is 4.56. The van der Waals surface area contributed by atoms with Gasteiger partial charge in [0.1, 0.15) is 6.61 Å². The molecule has 1 aromatic carbocycles. The third-order valence-corrected chi connectivity index (χ3v) is 3.47. The maximum absolute atomic E-state index is 6.13. The zero-order valence-electron chi connectivity index (χ0n) is 11.8. The lowest BCUT2D eigenvalue weighted by Crippen LogP contribution is -2.18. The number of aromatic nitrogens is 1. The van der Waals surface area contributed by atoms with E-state index < -0.39 is 0 Å². The fourth-order valence-electron chi connectivity index (χ4n) is 2.03. The molecule has 4 heteroatoms. The number of ether oxygens (including phenoxy) is 1. The van der Waals surface area contributed by atoms with Gasteiger partial charge in [0, 0.05) is 28.4 Å². The molecule has 1 heterocycles. The maximum atomic E-state index is 6.13. The Labute approximate surface area is 124 Å². The van der Waals surface area contributed by atoms with Crippen molar-refractivity contribution < 1.29 is 4.74 Å². The zero-order valence-corrected chi connectivity index (χ0v) is 12.5. The van der Waals surface area contributed by atoms with Gasteiger partial charge in [-0.05, 0) is 25.6 Å². The van der Waals surface area contributed by atoms with Crippen LogP contribution >= 0.6 is 11.6 Å². The molecule has 0 spiro atoms. The predicted octanol–water partition coefficient (Wildman–Crippen LogP) is 3.98. The summed E-state index contributed by atoms with van der Waals surface area (Å²) in [4.78, 5) is 4.32. The molecule has 0 saturated carbocycles. The normalized spacial score (nSPS) is 12.2. The molecule has 1 unspecified atom stereocenters. The highest BCUT2D eigenvalue weighted by Crippen LogP contribution is 2.24. The predicted molar refractivity (Wildman–Crippen MR) is 82.1 cm³/mol. The number of nitrogens with zero attached hydrogens (tertiary/aromatic N) is 1. The first-order valence-electron chi connectivity index (χ1n) is 6.77. The van der Waals surface area contributed by atoms with Crippen LogP contribution < -0.4 is 10.1 Å². The number of hydrogen-bond acceptors (Lipinski definition) is 3. The first kappa shape index (κ1) is 14.8. The van der Waals surface area contributed by atoms with Gasteiger partial charge in [-0.1, -0.05) is 42.8 Å². The topological polar surface area (TPSA) is 34.2 Å². The molecular weight excluding hydrogens is 272 g/mol. The van der Waals surface area contributed by atoms with Gasteiger partial charge in [-0.25, -0.2) is 4.98 Å². The molecule has 3 nitrogen and oxygen atoms in total. The van der Waals surface area contributed by atoms with Crippen LogP contribution in [0, 0.1) is 0 Å². The summed E-state index contributed by atoms with van der Waals surface area (Å²) >= 11 is 6.13. The van der Waals surface area contributed by atoms with Crippen molar-refractivity contribution in [1.29, 1.82) is 0 Å². The average Bonchev–Trinajstić information content (AvgIpc) is 2.47. The Bertz CT molecular complexity index is 560. The summed E-state index contributed by atoms with van der Waals surface area (Å²) < 4.78 is 5.84. The van der Waals surface area contributed by atoms with Crippen LogP contribution in [-0.4, -0.2) is 11.5 Å². The van der Waals surface area contributed by atoms with Crippen molar-refractivity contribution in [2.45, 2.75) is 26.5 Å². The second-order valence-corrected chi connectivity index (χ2v) is 4.96. The molecule has 0 saturated heterocycles. The van der Waals surface area contributed by atoms with Crippen LogP contribution in [0.5, 0.6) is 5.88 Å². The summed E-state index contributed by atoms with van der Waals surface area (Å²) in [6.45, 7) is 5.50. The van der Waals surface area contributed by atoms with Crippen LogP contribution in [-0.2, 0) is 6.61 Å². The quantitative estimate of drug-likeness (QED) is 0.873. The molecule has 1 aromatic heterocycles. The van der Waals surface area contributed by atoms with Gasteiger partial charge in [0.25, 0.3) is 0 Å². The van der Waals surface area contributed by atoms with E-state index in [1.807, 2.05) is 36.4 Å². The molecule has 0 fully saturated rings. The summed E-state index contributed by atoms with van der Waals surface area (Å²) in [6, 6.07) is 11.8. The number of hydrogen-bond donors (Lipinski definition) is 1. The van der Waals surface area contributed by atoms with Gasteiger partial charge in [-0.3, -0.25) is 0 Å². The van der Waals surface area contributed by atoms with Crippen molar-refractivity contribution in [2.24, 2.45) is 0 Å². The molecule has 0 bridgehead atoms. The monoisotopic (exact) mass is 290 g/mol. The van der Waals surface area contributed by atoms with E-state index in [9.17, 15) is 0 Å². The smallest absolute Gasteiger partial charge is 0.218 e. The summed E-state index contributed by atoms with van der Waals surface area (Å²) in [6.07, 6.45) is 1.74. The molecule has 0 amide bonds. The van der Waals surface area contributed by atoms with Gasteiger partial charge >= 0.3 is 0 Å². The highest BCUT2D eigenvalue weighted by atomic mass is 35.5. The van der Waals surface area contributed by atoms with E-state index in [4.69, 9.17) is 16.3 Å². The molecule has 0 radical (unpaired) electrons.